The Morgan fingerprint density at radius 3 is 2.86 bits per heavy atom. The van der Waals surface area contributed by atoms with Gasteiger partial charge in [-0.2, -0.15) is 9.61 Å². The van der Waals surface area contributed by atoms with E-state index in [4.69, 9.17) is 16.0 Å². The van der Waals surface area contributed by atoms with E-state index in [-0.39, 0.29) is 5.56 Å². The van der Waals surface area contributed by atoms with E-state index in [0.717, 1.165) is 18.0 Å². The zero-order chi connectivity index (χ0) is 20.4. The van der Waals surface area contributed by atoms with Crippen LogP contribution in [-0.2, 0) is 13.1 Å². The van der Waals surface area contributed by atoms with Crippen molar-refractivity contribution in [1.82, 2.24) is 29.7 Å². The highest BCUT2D eigenvalue weighted by molar-refractivity contribution is 7.16. The number of aromatic nitrogens is 5. The third-order valence-electron chi connectivity index (χ3n) is 4.24. The van der Waals surface area contributed by atoms with Gasteiger partial charge in [0, 0.05) is 11.8 Å². The lowest BCUT2D eigenvalue weighted by Crippen LogP contribution is -2.24. The first-order chi connectivity index (χ1) is 14.0. The SMILES string of the molecule is CCCN(Cc1nnc(-c2ccccc2Cl)o1)Cc1nn2c(=O)cc(C)nc2s1. The van der Waals surface area contributed by atoms with Crippen LogP contribution in [0.4, 0.5) is 0 Å². The molecule has 0 saturated carbocycles. The molecule has 0 saturated heterocycles. The summed E-state index contributed by atoms with van der Waals surface area (Å²) in [5.41, 5.74) is 1.23. The largest absolute Gasteiger partial charge is 0.419 e. The van der Waals surface area contributed by atoms with Crippen molar-refractivity contribution < 1.29 is 4.42 Å². The molecule has 0 amide bonds. The number of rotatable bonds is 7. The highest BCUT2D eigenvalue weighted by Gasteiger charge is 2.17. The molecule has 4 aromatic rings. The van der Waals surface area contributed by atoms with Crippen LogP contribution in [0.2, 0.25) is 5.02 Å². The predicted octanol–water partition coefficient (Wildman–Crippen LogP) is 3.58. The van der Waals surface area contributed by atoms with E-state index in [1.54, 1.807) is 13.0 Å². The van der Waals surface area contributed by atoms with Gasteiger partial charge in [0.05, 0.1) is 23.7 Å². The van der Waals surface area contributed by atoms with Crippen LogP contribution in [0.1, 0.15) is 29.9 Å². The molecule has 0 radical (unpaired) electrons. The topological polar surface area (TPSA) is 89.4 Å². The number of halogens is 1. The second-order valence-corrected chi connectivity index (χ2v) is 8.07. The Kier molecular flexibility index (Phi) is 5.70. The van der Waals surface area contributed by atoms with E-state index in [2.05, 4.69) is 32.1 Å². The number of aryl methyl sites for hydroxylation is 1. The standard InChI is InChI=1S/C19H19ClN6O2S/c1-3-8-25(11-16-24-26-17(27)9-12(2)21-19(26)29-16)10-15-22-23-18(28-15)13-6-4-5-7-14(13)20/h4-7,9H,3,8,10-11H2,1-2H3. The molecule has 8 nitrogen and oxygen atoms in total. The van der Waals surface area contributed by atoms with E-state index in [0.29, 0.717) is 46.1 Å². The van der Waals surface area contributed by atoms with Crippen molar-refractivity contribution >= 4 is 27.9 Å². The van der Waals surface area contributed by atoms with Gasteiger partial charge in [-0.15, -0.1) is 10.2 Å². The fraction of sp³-hybridized carbons (Fsp3) is 0.316. The fourth-order valence-corrected chi connectivity index (χ4v) is 4.20. The second kappa shape index (κ2) is 8.40. The second-order valence-electron chi connectivity index (χ2n) is 6.62. The van der Waals surface area contributed by atoms with Crippen LogP contribution in [0.15, 0.2) is 39.5 Å². The van der Waals surface area contributed by atoms with Crippen LogP contribution in [0.3, 0.4) is 0 Å². The van der Waals surface area contributed by atoms with E-state index in [9.17, 15) is 4.79 Å². The Morgan fingerprint density at radius 1 is 1.24 bits per heavy atom. The monoisotopic (exact) mass is 430 g/mol. The molecule has 10 heteroatoms. The van der Waals surface area contributed by atoms with Gasteiger partial charge in [0.15, 0.2) is 0 Å². The first kappa shape index (κ1) is 19.7. The summed E-state index contributed by atoms with van der Waals surface area (Å²) in [6.07, 6.45) is 0.952. The molecular formula is C19H19ClN6O2S. The molecule has 4 rings (SSSR count). The van der Waals surface area contributed by atoms with Crippen LogP contribution < -0.4 is 5.56 Å². The van der Waals surface area contributed by atoms with Crippen LogP contribution in [0.5, 0.6) is 0 Å². The number of benzene rings is 1. The lowest BCUT2D eigenvalue weighted by molar-refractivity contribution is 0.231. The zero-order valence-electron chi connectivity index (χ0n) is 16.0. The summed E-state index contributed by atoms with van der Waals surface area (Å²) in [5, 5.41) is 14.1. The van der Waals surface area contributed by atoms with Crippen LogP contribution >= 0.6 is 22.9 Å². The van der Waals surface area contributed by atoms with Crippen LogP contribution in [0, 0.1) is 6.92 Å². The smallest absolute Gasteiger partial charge is 0.275 e. The minimum Gasteiger partial charge on any atom is -0.419 e. The molecule has 0 aliphatic heterocycles. The Labute approximate surface area is 175 Å². The number of hydrogen-bond acceptors (Lipinski definition) is 8. The molecule has 0 bridgehead atoms. The number of fused-ring (bicyclic) bond motifs is 1. The quantitative estimate of drug-likeness (QED) is 0.442. The van der Waals surface area contributed by atoms with Crippen molar-refractivity contribution in [3.8, 4) is 11.5 Å². The average Bonchev–Trinajstić information content (AvgIpc) is 3.29. The Morgan fingerprint density at radius 2 is 2.07 bits per heavy atom. The fourth-order valence-electron chi connectivity index (χ4n) is 3.00. The third-order valence-corrected chi connectivity index (χ3v) is 5.47. The van der Waals surface area contributed by atoms with Crippen molar-refractivity contribution in [1.29, 1.82) is 0 Å². The molecule has 0 fully saturated rings. The van der Waals surface area contributed by atoms with Gasteiger partial charge in [-0.05, 0) is 32.0 Å². The van der Waals surface area contributed by atoms with Gasteiger partial charge in [-0.25, -0.2) is 4.98 Å². The molecule has 0 N–H and O–H groups in total. The summed E-state index contributed by atoms with van der Waals surface area (Å²) >= 11 is 7.62. The molecule has 1 aromatic carbocycles. The van der Waals surface area contributed by atoms with Gasteiger partial charge >= 0.3 is 0 Å². The van der Waals surface area contributed by atoms with Crippen molar-refractivity contribution in [2.75, 3.05) is 6.54 Å². The van der Waals surface area contributed by atoms with Gasteiger partial charge in [-0.3, -0.25) is 9.69 Å². The minimum atomic E-state index is -0.168. The molecule has 0 aliphatic rings. The lowest BCUT2D eigenvalue weighted by Gasteiger charge is -2.17. The molecule has 3 aromatic heterocycles. The van der Waals surface area contributed by atoms with Crippen LogP contribution in [-0.4, -0.2) is 36.2 Å². The highest BCUT2D eigenvalue weighted by atomic mass is 35.5. The summed E-state index contributed by atoms with van der Waals surface area (Å²) in [6.45, 7) is 5.76. The Hall–Kier alpha value is -2.62. The number of hydrogen-bond donors (Lipinski definition) is 0. The summed E-state index contributed by atoms with van der Waals surface area (Å²) < 4.78 is 7.17. The average molecular weight is 431 g/mol. The number of nitrogens with zero attached hydrogens (tertiary/aromatic N) is 6. The predicted molar refractivity (Wildman–Crippen MR) is 111 cm³/mol. The maximum atomic E-state index is 12.1. The van der Waals surface area contributed by atoms with E-state index >= 15 is 0 Å². The van der Waals surface area contributed by atoms with Crippen LogP contribution in [0.25, 0.3) is 16.4 Å². The Bertz CT molecular complexity index is 1200. The maximum absolute atomic E-state index is 12.1. The molecule has 0 unspecified atom stereocenters. The van der Waals surface area contributed by atoms with E-state index < -0.39 is 0 Å². The molecular weight excluding hydrogens is 412 g/mol. The molecule has 0 aliphatic carbocycles. The normalized spacial score (nSPS) is 11.6. The lowest BCUT2D eigenvalue weighted by atomic mass is 10.2. The highest BCUT2D eigenvalue weighted by Crippen LogP contribution is 2.26. The third kappa shape index (κ3) is 4.36. The summed E-state index contributed by atoms with van der Waals surface area (Å²) in [4.78, 5) is 19.2. The summed E-state index contributed by atoms with van der Waals surface area (Å²) in [5.74, 6) is 0.897. The van der Waals surface area contributed by atoms with E-state index in [1.807, 2.05) is 18.2 Å². The molecule has 0 spiro atoms. The molecule has 0 atom stereocenters. The van der Waals surface area contributed by atoms with Gasteiger partial charge in [0.1, 0.15) is 5.01 Å². The van der Waals surface area contributed by atoms with Crippen molar-refractivity contribution in [3.63, 3.8) is 0 Å². The van der Waals surface area contributed by atoms with Crippen molar-refractivity contribution in [2.45, 2.75) is 33.4 Å². The maximum Gasteiger partial charge on any atom is 0.275 e. The first-order valence-electron chi connectivity index (χ1n) is 9.19. The zero-order valence-corrected chi connectivity index (χ0v) is 17.6. The van der Waals surface area contributed by atoms with Gasteiger partial charge in [0.25, 0.3) is 5.56 Å². The van der Waals surface area contributed by atoms with Crippen molar-refractivity contribution in [3.05, 3.63) is 62.3 Å². The van der Waals surface area contributed by atoms with Crippen molar-refractivity contribution in [2.24, 2.45) is 0 Å². The summed E-state index contributed by atoms with van der Waals surface area (Å²) in [7, 11) is 0. The molecule has 29 heavy (non-hydrogen) atoms. The molecule has 150 valence electrons. The van der Waals surface area contributed by atoms with Gasteiger partial charge in [0.2, 0.25) is 16.7 Å². The minimum absolute atomic E-state index is 0.168. The van der Waals surface area contributed by atoms with Gasteiger partial charge < -0.3 is 4.42 Å². The van der Waals surface area contributed by atoms with Gasteiger partial charge in [-0.1, -0.05) is 42.0 Å². The van der Waals surface area contributed by atoms with E-state index in [1.165, 1.54) is 21.9 Å². The first-order valence-corrected chi connectivity index (χ1v) is 10.4. The molecule has 3 heterocycles. The summed E-state index contributed by atoms with van der Waals surface area (Å²) in [6, 6.07) is 8.84. The Balaban J connectivity index is 1.54.